The average Bonchev–Trinajstić information content (AvgIpc) is 2.32. The number of alkyl halides is 2. The first-order valence-electron chi connectivity index (χ1n) is 5.22. The zero-order valence-electron chi connectivity index (χ0n) is 8.28. The Balaban J connectivity index is 2.33. The summed E-state index contributed by atoms with van der Waals surface area (Å²) >= 11 is 0. The van der Waals surface area contributed by atoms with E-state index in [1.807, 2.05) is 0 Å². The molecular weight excluding hydrogens is 172 g/mol. The van der Waals surface area contributed by atoms with Crippen LogP contribution in [0.5, 0.6) is 0 Å². The summed E-state index contributed by atoms with van der Waals surface area (Å²) in [5.41, 5.74) is 0. The zero-order chi connectivity index (χ0) is 9.73. The Hall–Kier alpha value is -0.180. The van der Waals surface area contributed by atoms with Crippen molar-refractivity contribution in [2.45, 2.75) is 45.0 Å². The maximum Gasteiger partial charge on any atom is 0.248 e. The van der Waals surface area contributed by atoms with Crippen molar-refractivity contribution in [3.05, 3.63) is 0 Å². The van der Waals surface area contributed by atoms with Gasteiger partial charge in [0, 0.05) is 12.8 Å². The van der Waals surface area contributed by atoms with Gasteiger partial charge < -0.3 is 5.32 Å². The summed E-state index contributed by atoms with van der Waals surface area (Å²) in [6.07, 6.45) is 2.99. The normalized spacial score (nSPS) is 25.6. The number of hydrogen-bond acceptors (Lipinski definition) is 1. The Labute approximate surface area is 78.9 Å². The summed E-state index contributed by atoms with van der Waals surface area (Å²) in [6.45, 7) is 3.47. The number of nitrogens with one attached hydrogen (secondary N) is 1. The van der Waals surface area contributed by atoms with Crippen molar-refractivity contribution < 1.29 is 8.78 Å². The summed E-state index contributed by atoms with van der Waals surface area (Å²) in [4.78, 5) is 0. The average molecular weight is 191 g/mol. The van der Waals surface area contributed by atoms with E-state index in [2.05, 4.69) is 5.32 Å². The summed E-state index contributed by atoms with van der Waals surface area (Å²) in [7, 11) is 0. The van der Waals surface area contributed by atoms with Crippen molar-refractivity contribution in [3.63, 3.8) is 0 Å². The largest absolute Gasteiger partial charge is 0.317 e. The molecule has 0 bridgehead atoms. The van der Waals surface area contributed by atoms with Crippen LogP contribution in [-0.2, 0) is 0 Å². The smallest absolute Gasteiger partial charge is 0.248 e. The highest BCUT2D eigenvalue weighted by Crippen LogP contribution is 2.31. The van der Waals surface area contributed by atoms with E-state index in [1.54, 1.807) is 6.92 Å². The van der Waals surface area contributed by atoms with E-state index in [-0.39, 0.29) is 18.8 Å². The second kappa shape index (κ2) is 4.89. The molecule has 3 heteroatoms. The van der Waals surface area contributed by atoms with E-state index in [0.29, 0.717) is 0 Å². The van der Waals surface area contributed by atoms with Crippen molar-refractivity contribution in [2.24, 2.45) is 5.92 Å². The standard InChI is InChI=1S/C10H19F2N/c1-2-10(11,12)8-9-4-3-6-13-7-5-9/h9,13H,2-8H2,1H3. The van der Waals surface area contributed by atoms with Crippen molar-refractivity contribution in [1.82, 2.24) is 5.32 Å². The van der Waals surface area contributed by atoms with E-state index in [9.17, 15) is 8.78 Å². The van der Waals surface area contributed by atoms with E-state index in [1.165, 1.54) is 0 Å². The third-order valence-corrected chi connectivity index (χ3v) is 2.80. The highest BCUT2D eigenvalue weighted by molar-refractivity contribution is 4.74. The fraction of sp³-hybridized carbons (Fsp3) is 1.00. The van der Waals surface area contributed by atoms with Crippen LogP contribution in [0.3, 0.4) is 0 Å². The zero-order valence-corrected chi connectivity index (χ0v) is 8.28. The minimum Gasteiger partial charge on any atom is -0.317 e. The highest BCUT2D eigenvalue weighted by atomic mass is 19.3. The van der Waals surface area contributed by atoms with Gasteiger partial charge in [-0.3, -0.25) is 0 Å². The lowest BCUT2D eigenvalue weighted by atomic mass is 9.93. The van der Waals surface area contributed by atoms with Gasteiger partial charge in [-0.05, 0) is 38.3 Å². The molecular formula is C10H19F2N. The van der Waals surface area contributed by atoms with Crippen molar-refractivity contribution >= 4 is 0 Å². The van der Waals surface area contributed by atoms with Gasteiger partial charge in [-0.1, -0.05) is 6.92 Å². The lowest BCUT2D eigenvalue weighted by Crippen LogP contribution is -2.21. The first kappa shape index (κ1) is 10.9. The maximum atomic E-state index is 13.0. The van der Waals surface area contributed by atoms with Gasteiger partial charge in [0.05, 0.1) is 0 Å². The molecule has 0 aromatic heterocycles. The highest BCUT2D eigenvalue weighted by Gasteiger charge is 2.30. The van der Waals surface area contributed by atoms with Gasteiger partial charge in [0.15, 0.2) is 0 Å². The summed E-state index contributed by atoms with van der Waals surface area (Å²) in [5.74, 6) is -2.21. The van der Waals surface area contributed by atoms with Gasteiger partial charge in [0.25, 0.3) is 0 Å². The van der Waals surface area contributed by atoms with Crippen LogP contribution in [0.4, 0.5) is 8.78 Å². The molecule has 13 heavy (non-hydrogen) atoms. The van der Waals surface area contributed by atoms with Crippen LogP contribution in [0, 0.1) is 5.92 Å². The first-order chi connectivity index (χ1) is 6.14. The minimum absolute atomic E-state index is 0.0169. The van der Waals surface area contributed by atoms with Crippen LogP contribution in [0.1, 0.15) is 39.0 Å². The quantitative estimate of drug-likeness (QED) is 0.723. The van der Waals surface area contributed by atoms with Crippen LogP contribution < -0.4 is 5.32 Å². The second-order valence-corrected chi connectivity index (χ2v) is 3.96. The monoisotopic (exact) mass is 191 g/mol. The summed E-state index contributed by atoms with van der Waals surface area (Å²) in [6, 6.07) is 0. The molecule has 0 spiro atoms. The van der Waals surface area contributed by atoms with Gasteiger partial charge in [0.2, 0.25) is 5.92 Å². The Morgan fingerprint density at radius 1 is 1.31 bits per heavy atom. The second-order valence-electron chi connectivity index (χ2n) is 3.96. The Bertz CT molecular complexity index is 140. The molecule has 1 heterocycles. The molecule has 1 atom stereocenters. The van der Waals surface area contributed by atoms with Crippen LogP contribution in [-0.4, -0.2) is 19.0 Å². The fourth-order valence-electron chi connectivity index (χ4n) is 1.86. The lowest BCUT2D eigenvalue weighted by Gasteiger charge is -2.20. The molecule has 0 aliphatic carbocycles. The molecule has 0 aromatic rings. The molecule has 1 N–H and O–H groups in total. The van der Waals surface area contributed by atoms with Crippen LogP contribution in [0.25, 0.3) is 0 Å². The van der Waals surface area contributed by atoms with E-state index in [0.717, 1.165) is 32.4 Å². The molecule has 0 radical (unpaired) electrons. The van der Waals surface area contributed by atoms with Gasteiger partial charge in [0.1, 0.15) is 0 Å². The fourth-order valence-corrected chi connectivity index (χ4v) is 1.86. The molecule has 0 aromatic carbocycles. The molecule has 1 fully saturated rings. The van der Waals surface area contributed by atoms with Gasteiger partial charge in [-0.25, -0.2) is 8.78 Å². The Kier molecular flexibility index (Phi) is 4.10. The molecule has 0 saturated carbocycles. The molecule has 1 aliphatic heterocycles. The molecule has 1 saturated heterocycles. The predicted molar refractivity (Wildman–Crippen MR) is 50.1 cm³/mol. The van der Waals surface area contributed by atoms with Crippen LogP contribution in [0.2, 0.25) is 0 Å². The van der Waals surface area contributed by atoms with E-state index < -0.39 is 5.92 Å². The number of rotatable bonds is 3. The lowest BCUT2D eigenvalue weighted by molar-refractivity contribution is -0.0278. The summed E-state index contributed by atoms with van der Waals surface area (Å²) in [5, 5.41) is 3.24. The van der Waals surface area contributed by atoms with Gasteiger partial charge in [-0.2, -0.15) is 0 Å². The van der Waals surface area contributed by atoms with Crippen molar-refractivity contribution in [1.29, 1.82) is 0 Å². The van der Waals surface area contributed by atoms with E-state index >= 15 is 0 Å². The van der Waals surface area contributed by atoms with Crippen molar-refractivity contribution in [3.8, 4) is 0 Å². The Morgan fingerprint density at radius 3 is 2.77 bits per heavy atom. The number of hydrogen-bond donors (Lipinski definition) is 1. The van der Waals surface area contributed by atoms with Crippen LogP contribution in [0.15, 0.2) is 0 Å². The minimum atomic E-state index is -2.44. The van der Waals surface area contributed by atoms with E-state index in [4.69, 9.17) is 0 Å². The van der Waals surface area contributed by atoms with Crippen molar-refractivity contribution in [2.75, 3.05) is 13.1 Å². The van der Waals surface area contributed by atoms with Crippen LogP contribution >= 0.6 is 0 Å². The Morgan fingerprint density at radius 2 is 2.08 bits per heavy atom. The molecule has 1 unspecified atom stereocenters. The molecule has 1 aliphatic rings. The van der Waals surface area contributed by atoms with Gasteiger partial charge >= 0.3 is 0 Å². The molecule has 78 valence electrons. The topological polar surface area (TPSA) is 12.0 Å². The molecule has 1 rings (SSSR count). The predicted octanol–water partition coefficient (Wildman–Crippen LogP) is 2.81. The first-order valence-corrected chi connectivity index (χ1v) is 5.22. The summed E-state index contributed by atoms with van der Waals surface area (Å²) < 4.78 is 26.1. The SMILES string of the molecule is CCC(F)(F)CC1CCCNCC1. The molecule has 0 amide bonds. The third-order valence-electron chi connectivity index (χ3n) is 2.80. The third kappa shape index (κ3) is 4.03. The maximum absolute atomic E-state index is 13.0. The molecule has 1 nitrogen and oxygen atoms in total. The number of halogens is 2. The van der Waals surface area contributed by atoms with Gasteiger partial charge in [-0.15, -0.1) is 0 Å².